The Balaban J connectivity index is 1.36. The molecule has 9 nitrogen and oxygen atoms in total. The molecule has 1 saturated heterocycles. The minimum Gasteiger partial charge on any atom is -0.464 e. The van der Waals surface area contributed by atoms with Crippen molar-refractivity contribution < 1.29 is 9.53 Å². The number of nitrogens with zero attached hydrogens (tertiary/aromatic N) is 7. The number of carbonyl (C=O) groups is 1. The highest BCUT2D eigenvalue weighted by atomic mass is 32.1. The van der Waals surface area contributed by atoms with E-state index in [-0.39, 0.29) is 11.7 Å². The molecule has 2 atom stereocenters. The van der Waals surface area contributed by atoms with Gasteiger partial charge in [0, 0.05) is 25.0 Å². The summed E-state index contributed by atoms with van der Waals surface area (Å²) < 4.78 is 8.61. The van der Waals surface area contributed by atoms with Crippen molar-refractivity contribution in [3.63, 3.8) is 0 Å². The van der Waals surface area contributed by atoms with Crippen LogP contribution in [0, 0.1) is 5.92 Å². The Kier molecular flexibility index (Phi) is 5.25. The van der Waals surface area contributed by atoms with Crippen LogP contribution >= 0.6 is 11.3 Å². The van der Waals surface area contributed by atoms with Gasteiger partial charge >= 0.3 is 5.97 Å². The van der Waals surface area contributed by atoms with Gasteiger partial charge in [-0.3, -0.25) is 4.57 Å². The number of carbonyl (C=O) groups excluding carboxylic acids is 1. The van der Waals surface area contributed by atoms with Gasteiger partial charge in [-0.15, -0.1) is 26.6 Å². The van der Waals surface area contributed by atoms with Gasteiger partial charge < -0.3 is 9.64 Å². The molecular formula is C21H27N7O2S. The van der Waals surface area contributed by atoms with Crippen LogP contribution in [-0.4, -0.2) is 55.9 Å². The Morgan fingerprint density at radius 2 is 2.13 bits per heavy atom. The summed E-state index contributed by atoms with van der Waals surface area (Å²) in [6.45, 7) is 3.99. The summed E-state index contributed by atoms with van der Waals surface area (Å²) in [5.74, 6) is 2.09. The average molecular weight is 442 g/mol. The lowest BCUT2D eigenvalue weighted by Crippen LogP contribution is -2.38. The standard InChI is InChI=1S/C21H27N7O2S/c1-13-6-7-17-14(9-13)10-18(31-17)19-23-24-21(26(19)2)27-8-4-5-15(11-27)28-12-16(22-25-28)20(29)30-3/h10,12-13,15H,4-9,11H2,1-3H3. The normalized spacial score (nSPS) is 21.2. The van der Waals surface area contributed by atoms with Crippen LogP contribution in [0.25, 0.3) is 10.7 Å². The lowest BCUT2D eigenvalue weighted by molar-refractivity contribution is 0.0594. The molecule has 3 aromatic rings. The van der Waals surface area contributed by atoms with Gasteiger partial charge in [0.25, 0.3) is 0 Å². The van der Waals surface area contributed by atoms with Crippen molar-refractivity contribution >= 4 is 23.3 Å². The van der Waals surface area contributed by atoms with Gasteiger partial charge in [0.05, 0.1) is 24.2 Å². The molecule has 4 heterocycles. The quantitative estimate of drug-likeness (QED) is 0.575. The molecule has 1 aliphatic carbocycles. The van der Waals surface area contributed by atoms with Gasteiger partial charge in [0.2, 0.25) is 5.95 Å². The molecule has 0 radical (unpaired) electrons. The average Bonchev–Trinajstić information content (AvgIpc) is 3.51. The first-order chi connectivity index (χ1) is 15.0. The molecule has 164 valence electrons. The molecule has 0 N–H and O–H groups in total. The fraction of sp³-hybridized carbons (Fsp3) is 0.571. The van der Waals surface area contributed by atoms with Crippen molar-refractivity contribution in [2.24, 2.45) is 13.0 Å². The lowest BCUT2D eigenvalue weighted by atomic mass is 9.90. The predicted molar refractivity (Wildman–Crippen MR) is 117 cm³/mol. The van der Waals surface area contributed by atoms with Gasteiger partial charge in [-0.1, -0.05) is 12.1 Å². The largest absolute Gasteiger partial charge is 0.464 e. The van der Waals surface area contributed by atoms with E-state index in [1.807, 2.05) is 18.4 Å². The van der Waals surface area contributed by atoms with Gasteiger partial charge in [-0.2, -0.15) is 0 Å². The smallest absolute Gasteiger partial charge is 0.360 e. The Bertz CT molecular complexity index is 1100. The predicted octanol–water partition coefficient (Wildman–Crippen LogP) is 2.89. The number of aromatic nitrogens is 6. The summed E-state index contributed by atoms with van der Waals surface area (Å²) in [5, 5.41) is 17.2. The third-order valence-corrected chi connectivity index (χ3v) is 7.59. The summed E-state index contributed by atoms with van der Waals surface area (Å²) >= 11 is 1.86. The highest BCUT2D eigenvalue weighted by Crippen LogP contribution is 2.37. The molecule has 0 saturated carbocycles. The van der Waals surface area contributed by atoms with Crippen LogP contribution in [0.2, 0.25) is 0 Å². The number of fused-ring (bicyclic) bond motifs is 1. The van der Waals surface area contributed by atoms with E-state index in [0.717, 1.165) is 50.0 Å². The van der Waals surface area contributed by atoms with Crippen LogP contribution in [0.1, 0.15) is 53.2 Å². The highest BCUT2D eigenvalue weighted by molar-refractivity contribution is 7.15. The molecule has 3 aromatic heterocycles. The van der Waals surface area contributed by atoms with E-state index >= 15 is 0 Å². The summed E-state index contributed by atoms with van der Waals surface area (Å²) in [6, 6.07) is 2.43. The molecule has 2 aliphatic rings. The zero-order valence-electron chi connectivity index (χ0n) is 18.1. The van der Waals surface area contributed by atoms with Gasteiger partial charge in [-0.05, 0) is 49.7 Å². The molecule has 0 bridgehead atoms. The molecule has 1 aliphatic heterocycles. The van der Waals surface area contributed by atoms with Crippen molar-refractivity contribution in [3.05, 3.63) is 28.4 Å². The topological polar surface area (TPSA) is 91.0 Å². The Hall–Kier alpha value is -2.75. The summed E-state index contributed by atoms with van der Waals surface area (Å²) in [7, 11) is 3.39. The summed E-state index contributed by atoms with van der Waals surface area (Å²) in [5.41, 5.74) is 1.71. The molecule has 0 spiro atoms. The van der Waals surface area contributed by atoms with E-state index < -0.39 is 5.97 Å². The van der Waals surface area contributed by atoms with E-state index in [4.69, 9.17) is 4.74 Å². The highest BCUT2D eigenvalue weighted by Gasteiger charge is 2.28. The Labute approximate surface area is 185 Å². The third kappa shape index (κ3) is 3.73. The van der Waals surface area contributed by atoms with Gasteiger partial charge in [-0.25, -0.2) is 9.48 Å². The van der Waals surface area contributed by atoms with E-state index in [0.29, 0.717) is 0 Å². The minimum absolute atomic E-state index is 0.121. The third-order valence-electron chi connectivity index (χ3n) is 6.36. The number of thiophene rings is 1. The van der Waals surface area contributed by atoms with Crippen molar-refractivity contribution in [3.8, 4) is 10.7 Å². The number of ether oxygens (including phenoxy) is 1. The second kappa shape index (κ2) is 8.07. The number of piperidine rings is 1. The summed E-state index contributed by atoms with van der Waals surface area (Å²) in [6.07, 6.45) is 7.25. The zero-order chi connectivity index (χ0) is 21.5. The first-order valence-corrected chi connectivity index (χ1v) is 11.6. The van der Waals surface area contributed by atoms with Crippen LogP contribution < -0.4 is 4.90 Å². The number of hydrogen-bond acceptors (Lipinski definition) is 8. The van der Waals surface area contributed by atoms with Crippen LogP contribution in [0.4, 0.5) is 5.95 Å². The van der Waals surface area contributed by atoms with Crippen LogP contribution in [0.15, 0.2) is 12.3 Å². The van der Waals surface area contributed by atoms with E-state index in [1.54, 1.807) is 10.9 Å². The lowest BCUT2D eigenvalue weighted by Gasteiger charge is -2.32. The number of rotatable bonds is 4. The molecule has 1 fully saturated rings. The number of methoxy groups -OCH3 is 1. The Morgan fingerprint density at radius 1 is 1.26 bits per heavy atom. The first kappa shape index (κ1) is 20.2. The Morgan fingerprint density at radius 3 is 2.97 bits per heavy atom. The second-order valence-electron chi connectivity index (χ2n) is 8.61. The van der Waals surface area contributed by atoms with Gasteiger partial charge in [0.15, 0.2) is 11.5 Å². The maximum Gasteiger partial charge on any atom is 0.360 e. The molecule has 10 heteroatoms. The molecule has 2 unspecified atom stereocenters. The van der Waals surface area contributed by atoms with E-state index in [2.05, 4.69) is 43.0 Å². The van der Waals surface area contributed by atoms with Crippen LogP contribution in [-0.2, 0) is 24.6 Å². The number of anilines is 1. The minimum atomic E-state index is -0.468. The number of hydrogen-bond donors (Lipinski definition) is 0. The van der Waals surface area contributed by atoms with Crippen LogP contribution in [0.3, 0.4) is 0 Å². The van der Waals surface area contributed by atoms with Crippen molar-refractivity contribution in [2.45, 2.75) is 45.1 Å². The van der Waals surface area contributed by atoms with Crippen LogP contribution in [0.5, 0.6) is 0 Å². The number of aryl methyl sites for hydroxylation is 1. The maximum atomic E-state index is 11.7. The van der Waals surface area contributed by atoms with E-state index in [9.17, 15) is 4.79 Å². The number of esters is 1. The van der Waals surface area contributed by atoms with Gasteiger partial charge in [0.1, 0.15) is 0 Å². The SMILES string of the molecule is COC(=O)c1cn(C2CCCN(c3nnc(-c4cc5c(s4)CCC(C)C5)n3C)C2)nn1. The van der Waals surface area contributed by atoms with Crippen molar-refractivity contribution in [2.75, 3.05) is 25.1 Å². The first-order valence-electron chi connectivity index (χ1n) is 10.8. The second-order valence-corrected chi connectivity index (χ2v) is 9.74. The molecule has 31 heavy (non-hydrogen) atoms. The fourth-order valence-electron chi connectivity index (χ4n) is 4.63. The van der Waals surface area contributed by atoms with Crippen molar-refractivity contribution in [1.82, 2.24) is 29.8 Å². The maximum absolute atomic E-state index is 11.7. The molecular weight excluding hydrogens is 414 g/mol. The monoisotopic (exact) mass is 441 g/mol. The summed E-state index contributed by atoms with van der Waals surface area (Å²) in [4.78, 5) is 16.7. The fourth-order valence-corrected chi connectivity index (χ4v) is 5.86. The van der Waals surface area contributed by atoms with Crippen molar-refractivity contribution in [1.29, 1.82) is 0 Å². The zero-order valence-corrected chi connectivity index (χ0v) is 18.9. The molecule has 0 amide bonds. The van der Waals surface area contributed by atoms with E-state index in [1.165, 1.54) is 35.3 Å². The molecule has 0 aromatic carbocycles. The molecule has 5 rings (SSSR count).